The van der Waals surface area contributed by atoms with E-state index in [0.717, 1.165) is 5.57 Å². The third kappa shape index (κ3) is 3.10. The van der Waals surface area contributed by atoms with Crippen molar-refractivity contribution in [3.8, 4) is 0 Å². The summed E-state index contributed by atoms with van der Waals surface area (Å²) in [5, 5.41) is 2.89. The molecular formula is C6H11N. The van der Waals surface area contributed by atoms with Crippen LogP contribution < -0.4 is 5.32 Å². The fourth-order valence-electron chi connectivity index (χ4n) is 0.287. The quantitative estimate of drug-likeness (QED) is 0.512. The summed E-state index contributed by atoms with van der Waals surface area (Å²) in [5.41, 5.74) is 1.16. The van der Waals surface area contributed by atoms with Gasteiger partial charge in [0.1, 0.15) is 0 Å². The second-order valence-electron chi connectivity index (χ2n) is 1.38. The van der Waals surface area contributed by atoms with E-state index in [9.17, 15) is 0 Å². The van der Waals surface area contributed by atoms with E-state index in [2.05, 4.69) is 11.9 Å². The van der Waals surface area contributed by atoms with Crippen LogP contribution >= 0.6 is 0 Å². The van der Waals surface area contributed by atoms with E-state index >= 15 is 0 Å². The molecule has 0 aromatic carbocycles. The van der Waals surface area contributed by atoms with E-state index in [-0.39, 0.29) is 0 Å². The van der Waals surface area contributed by atoms with Gasteiger partial charge < -0.3 is 5.32 Å². The molecule has 0 atom stereocenters. The standard InChI is InChI=1S/C6H11N/c1-4-6(2)5-7-3/h4-5,7H,1H2,2-3H3/b6-5+. The topological polar surface area (TPSA) is 12.0 Å². The highest BCUT2D eigenvalue weighted by Crippen LogP contribution is 1.86. The van der Waals surface area contributed by atoms with E-state index < -0.39 is 0 Å². The van der Waals surface area contributed by atoms with Crippen LogP contribution in [0.5, 0.6) is 0 Å². The fraction of sp³-hybridized carbons (Fsp3) is 0.333. The Morgan fingerprint density at radius 2 is 2.29 bits per heavy atom. The number of hydrogen-bond donors (Lipinski definition) is 1. The zero-order chi connectivity index (χ0) is 5.70. The zero-order valence-corrected chi connectivity index (χ0v) is 4.86. The van der Waals surface area contributed by atoms with Crippen molar-refractivity contribution in [1.82, 2.24) is 5.32 Å². The van der Waals surface area contributed by atoms with Gasteiger partial charge in [-0.15, -0.1) is 0 Å². The Kier molecular flexibility index (Phi) is 3.11. The molecule has 1 heteroatoms. The Morgan fingerprint density at radius 1 is 1.71 bits per heavy atom. The van der Waals surface area contributed by atoms with Crippen molar-refractivity contribution < 1.29 is 0 Å². The Labute approximate surface area is 44.7 Å². The van der Waals surface area contributed by atoms with Gasteiger partial charge in [-0.1, -0.05) is 12.7 Å². The summed E-state index contributed by atoms with van der Waals surface area (Å²) in [5.74, 6) is 0. The molecule has 0 saturated heterocycles. The van der Waals surface area contributed by atoms with Crippen LogP contribution in [0.15, 0.2) is 24.4 Å². The highest BCUT2D eigenvalue weighted by atomic mass is 14.8. The van der Waals surface area contributed by atoms with Crippen LogP contribution in [0, 0.1) is 0 Å². The summed E-state index contributed by atoms with van der Waals surface area (Å²) in [6.07, 6.45) is 3.70. The SMILES string of the molecule is C=C/C(C)=C/NC. The van der Waals surface area contributed by atoms with Crippen molar-refractivity contribution in [2.75, 3.05) is 7.05 Å². The lowest BCUT2D eigenvalue weighted by atomic mass is 10.3. The molecule has 40 valence electrons. The van der Waals surface area contributed by atoms with Crippen LogP contribution in [0.3, 0.4) is 0 Å². The molecule has 0 aromatic rings. The molecular weight excluding hydrogens is 86.1 g/mol. The highest BCUT2D eigenvalue weighted by molar-refractivity contribution is 5.10. The summed E-state index contributed by atoms with van der Waals surface area (Å²) in [6, 6.07) is 0. The van der Waals surface area contributed by atoms with Crippen molar-refractivity contribution in [2.45, 2.75) is 6.92 Å². The van der Waals surface area contributed by atoms with Gasteiger partial charge in [-0.3, -0.25) is 0 Å². The molecule has 0 bridgehead atoms. The predicted octanol–water partition coefficient (Wildman–Crippen LogP) is 1.30. The van der Waals surface area contributed by atoms with Crippen LogP contribution in [0.2, 0.25) is 0 Å². The first-order valence-corrected chi connectivity index (χ1v) is 2.27. The second-order valence-corrected chi connectivity index (χ2v) is 1.38. The van der Waals surface area contributed by atoms with E-state index in [1.54, 1.807) is 6.08 Å². The summed E-state index contributed by atoms with van der Waals surface area (Å²) >= 11 is 0. The average Bonchev–Trinajstić information content (AvgIpc) is 1.68. The van der Waals surface area contributed by atoms with Gasteiger partial charge in [0.05, 0.1) is 0 Å². The van der Waals surface area contributed by atoms with Gasteiger partial charge in [0.25, 0.3) is 0 Å². The van der Waals surface area contributed by atoms with E-state index in [1.807, 2.05) is 20.2 Å². The Morgan fingerprint density at radius 3 is 2.43 bits per heavy atom. The molecule has 0 radical (unpaired) electrons. The molecule has 7 heavy (non-hydrogen) atoms. The third-order valence-electron chi connectivity index (χ3n) is 0.694. The first-order valence-electron chi connectivity index (χ1n) is 2.27. The number of allylic oxidation sites excluding steroid dienone is 2. The smallest absolute Gasteiger partial charge is 0.00277 e. The second kappa shape index (κ2) is 3.47. The summed E-state index contributed by atoms with van der Waals surface area (Å²) in [7, 11) is 1.87. The largest absolute Gasteiger partial charge is 0.394 e. The number of hydrogen-bond acceptors (Lipinski definition) is 1. The van der Waals surface area contributed by atoms with Gasteiger partial charge in [0, 0.05) is 7.05 Å². The van der Waals surface area contributed by atoms with Gasteiger partial charge in [0.2, 0.25) is 0 Å². The molecule has 0 amide bonds. The molecule has 0 heterocycles. The predicted molar refractivity (Wildman–Crippen MR) is 33.0 cm³/mol. The van der Waals surface area contributed by atoms with Gasteiger partial charge in [-0.25, -0.2) is 0 Å². The lowest BCUT2D eigenvalue weighted by Gasteiger charge is -1.87. The van der Waals surface area contributed by atoms with Crippen molar-refractivity contribution in [3.63, 3.8) is 0 Å². The molecule has 1 nitrogen and oxygen atoms in total. The minimum atomic E-state index is 1.16. The molecule has 0 aliphatic rings. The van der Waals surface area contributed by atoms with Crippen LogP contribution in [0.4, 0.5) is 0 Å². The maximum absolute atomic E-state index is 3.57. The van der Waals surface area contributed by atoms with Crippen LogP contribution in [-0.4, -0.2) is 7.05 Å². The van der Waals surface area contributed by atoms with Crippen molar-refractivity contribution >= 4 is 0 Å². The number of nitrogens with one attached hydrogen (secondary N) is 1. The summed E-state index contributed by atoms with van der Waals surface area (Å²) in [6.45, 7) is 5.56. The first kappa shape index (κ1) is 6.28. The molecule has 0 saturated carbocycles. The Balaban J connectivity index is 3.49. The van der Waals surface area contributed by atoms with Crippen LogP contribution in [0.1, 0.15) is 6.92 Å². The minimum absolute atomic E-state index is 1.16. The molecule has 0 fully saturated rings. The molecule has 1 N–H and O–H groups in total. The van der Waals surface area contributed by atoms with Crippen molar-refractivity contribution in [3.05, 3.63) is 24.4 Å². The van der Waals surface area contributed by atoms with Gasteiger partial charge in [-0.2, -0.15) is 0 Å². The Bertz CT molecular complexity index is 82.2. The summed E-state index contributed by atoms with van der Waals surface area (Å²) in [4.78, 5) is 0. The lowest BCUT2D eigenvalue weighted by molar-refractivity contribution is 1.08. The number of rotatable bonds is 2. The molecule has 0 unspecified atom stereocenters. The molecule has 0 spiro atoms. The van der Waals surface area contributed by atoms with Crippen LogP contribution in [0.25, 0.3) is 0 Å². The van der Waals surface area contributed by atoms with Gasteiger partial charge >= 0.3 is 0 Å². The normalized spacial score (nSPS) is 10.9. The zero-order valence-electron chi connectivity index (χ0n) is 4.86. The van der Waals surface area contributed by atoms with Gasteiger partial charge in [-0.05, 0) is 18.7 Å². The maximum atomic E-state index is 3.57. The lowest BCUT2D eigenvalue weighted by Crippen LogP contribution is -1.92. The fourth-order valence-corrected chi connectivity index (χ4v) is 0.287. The van der Waals surface area contributed by atoms with Gasteiger partial charge in [0.15, 0.2) is 0 Å². The Hall–Kier alpha value is -0.720. The third-order valence-corrected chi connectivity index (χ3v) is 0.694. The first-order chi connectivity index (χ1) is 3.31. The molecule has 0 rings (SSSR count). The van der Waals surface area contributed by atoms with E-state index in [0.29, 0.717) is 0 Å². The minimum Gasteiger partial charge on any atom is -0.394 e. The molecule has 0 aliphatic carbocycles. The van der Waals surface area contributed by atoms with Crippen molar-refractivity contribution in [1.29, 1.82) is 0 Å². The monoisotopic (exact) mass is 97.1 g/mol. The van der Waals surface area contributed by atoms with Crippen LogP contribution in [-0.2, 0) is 0 Å². The van der Waals surface area contributed by atoms with E-state index in [1.165, 1.54) is 0 Å². The maximum Gasteiger partial charge on any atom is 0.00277 e. The molecule has 0 aromatic heterocycles. The average molecular weight is 97.2 g/mol. The highest BCUT2D eigenvalue weighted by Gasteiger charge is 1.70. The summed E-state index contributed by atoms with van der Waals surface area (Å²) < 4.78 is 0. The molecule has 0 aliphatic heterocycles. The van der Waals surface area contributed by atoms with E-state index in [4.69, 9.17) is 0 Å². The van der Waals surface area contributed by atoms with Crippen molar-refractivity contribution in [2.24, 2.45) is 0 Å².